The Balaban J connectivity index is 2.28. The Kier molecular flexibility index (Phi) is 8.58. The van der Waals surface area contributed by atoms with Gasteiger partial charge in [0.1, 0.15) is 25.4 Å². The van der Waals surface area contributed by atoms with E-state index in [4.69, 9.17) is 28.4 Å². The largest absolute Gasteiger partial charge is 0.463 e. The molecule has 32 heavy (non-hydrogen) atoms. The summed E-state index contributed by atoms with van der Waals surface area (Å²) in [7, 11) is 0. The molecule has 2 rings (SSSR count). The number of carbonyl (C=O) groups excluding carboxylic acids is 5. The molecule has 1 saturated heterocycles. The van der Waals surface area contributed by atoms with Gasteiger partial charge in [-0.25, -0.2) is 4.79 Å². The van der Waals surface area contributed by atoms with Crippen molar-refractivity contribution in [3.05, 3.63) is 11.6 Å². The van der Waals surface area contributed by atoms with E-state index in [1.165, 1.54) is 0 Å². The van der Waals surface area contributed by atoms with Gasteiger partial charge in [0.15, 0.2) is 12.2 Å². The second-order valence-electron chi connectivity index (χ2n) is 7.39. The number of rotatable bonds is 8. The van der Waals surface area contributed by atoms with Crippen LogP contribution < -0.4 is 5.32 Å². The van der Waals surface area contributed by atoms with Crippen LogP contribution in [0.4, 0.5) is 4.79 Å². The van der Waals surface area contributed by atoms with Crippen LogP contribution >= 0.6 is 0 Å². The fourth-order valence-electron chi connectivity index (χ4n) is 3.11. The van der Waals surface area contributed by atoms with Gasteiger partial charge in [-0.15, -0.1) is 0 Å². The molecule has 0 spiro atoms. The van der Waals surface area contributed by atoms with Gasteiger partial charge in [0.2, 0.25) is 6.29 Å². The van der Waals surface area contributed by atoms with E-state index in [1.54, 1.807) is 0 Å². The molecule has 2 aliphatic rings. The summed E-state index contributed by atoms with van der Waals surface area (Å²) in [6.07, 6.45) is -4.23. The van der Waals surface area contributed by atoms with Crippen LogP contribution in [-0.4, -0.2) is 73.8 Å². The van der Waals surface area contributed by atoms with E-state index >= 15 is 0 Å². The highest BCUT2D eigenvalue weighted by Crippen LogP contribution is 2.29. The van der Waals surface area contributed by atoms with Crippen molar-refractivity contribution >= 4 is 30.0 Å². The fourth-order valence-corrected chi connectivity index (χ4v) is 3.11. The average molecular weight is 457 g/mol. The molecule has 1 aliphatic heterocycles. The van der Waals surface area contributed by atoms with Gasteiger partial charge in [-0.1, -0.05) is 11.6 Å². The highest BCUT2D eigenvalue weighted by molar-refractivity contribution is 5.70. The van der Waals surface area contributed by atoms with Crippen LogP contribution in [0.15, 0.2) is 11.6 Å². The monoisotopic (exact) mass is 457 g/mol. The Morgan fingerprint density at radius 2 is 1.41 bits per heavy atom. The lowest BCUT2D eigenvalue weighted by Gasteiger charge is -2.44. The summed E-state index contributed by atoms with van der Waals surface area (Å²) in [5.41, 5.74) is 1.08. The van der Waals surface area contributed by atoms with Crippen molar-refractivity contribution in [2.24, 2.45) is 5.92 Å². The maximum Gasteiger partial charge on any atom is 0.407 e. The molecule has 1 fully saturated rings. The Morgan fingerprint density at radius 3 is 1.91 bits per heavy atom. The second kappa shape index (κ2) is 10.9. The molecular weight excluding hydrogens is 430 g/mol. The number of carbonyl (C=O) groups is 5. The van der Waals surface area contributed by atoms with E-state index in [2.05, 4.69) is 5.32 Å². The van der Waals surface area contributed by atoms with Crippen molar-refractivity contribution in [2.45, 2.75) is 65.3 Å². The summed E-state index contributed by atoms with van der Waals surface area (Å²) in [5, 5.41) is 2.45. The third kappa shape index (κ3) is 7.52. The van der Waals surface area contributed by atoms with E-state index in [-0.39, 0.29) is 12.5 Å². The quantitative estimate of drug-likeness (QED) is 0.305. The summed E-state index contributed by atoms with van der Waals surface area (Å²) in [6, 6.07) is -1.29. The number of ether oxygens (including phenoxy) is 6. The van der Waals surface area contributed by atoms with Crippen molar-refractivity contribution in [1.29, 1.82) is 0 Å². The maximum absolute atomic E-state index is 12.4. The van der Waals surface area contributed by atoms with Gasteiger partial charge in [-0.05, 0) is 6.92 Å². The molecule has 1 aliphatic carbocycles. The van der Waals surface area contributed by atoms with Crippen LogP contribution in [0, 0.1) is 5.92 Å². The Bertz CT molecular complexity index is 792. The second-order valence-corrected chi connectivity index (χ2v) is 7.39. The zero-order chi connectivity index (χ0) is 24.0. The third-order valence-corrected chi connectivity index (χ3v) is 4.60. The van der Waals surface area contributed by atoms with Crippen molar-refractivity contribution in [1.82, 2.24) is 5.32 Å². The minimum atomic E-state index is -1.46. The lowest BCUT2D eigenvalue weighted by atomic mass is 9.96. The first-order valence-corrected chi connectivity index (χ1v) is 9.90. The molecule has 1 N–H and O–H groups in total. The van der Waals surface area contributed by atoms with Crippen LogP contribution in [0.5, 0.6) is 0 Å². The molecular formula is C20H27NO11. The average Bonchev–Trinajstić information content (AvgIpc) is 3.37. The lowest BCUT2D eigenvalue weighted by Crippen LogP contribution is -2.67. The first kappa shape index (κ1) is 25.1. The molecule has 0 aromatic rings. The van der Waals surface area contributed by atoms with Crippen LogP contribution in [0.25, 0.3) is 0 Å². The molecule has 12 heteroatoms. The standard InChI is InChI=1S/C20H27NO11/c1-9-6-14(9)7-28-20(26)21-16-18(30-12(4)24)17(29-11(3)23)15(8-27-10(2)22)32-19(16)31-13(5)25/h6,14-19H,7-8H2,1-5H3,(H,21,26)/t14?,15-,16-,17-,18-,19?/m1/s1. The molecule has 1 heterocycles. The van der Waals surface area contributed by atoms with Crippen molar-refractivity contribution < 1.29 is 52.4 Å². The Morgan fingerprint density at radius 1 is 0.844 bits per heavy atom. The normalized spacial score (nSPS) is 28.5. The predicted octanol–water partition coefficient (Wildman–Crippen LogP) is 0.372. The number of hydrogen-bond donors (Lipinski definition) is 1. The van der Waals surface area contributed by atoms with E-state index < -0.39 is 67.2 Å². The minimum Gasteiger partial charge on any atom is -0.463 e. The maximum atomic E-state index is 12.4. The highest BCUT2D eigenvalue weighted by Gasteiger charge is 2.52. The van der Waals surface area contributed by atoms with Gasteiger partial charge in [0, 0.05) is 33.6 Å². The van der Waals surface area contributed by atoms with Gasteiger partial charge >= 0.3 is 30.0 Å². The van der Waals surface area contributed by atoms with Gasteiger partial charge in [-0.3, -0.25) is 19.2 Å². The van der Waals surface area contributed by atoms with Crippen LogP contribution in [0.2, 0.25) is 0 Å². The van der Waals surface area contributed by atoms with Crippen molar-refractivity contribution in [2.75, 3.05) is 13.2 Å². The summed E-state index contributed by atoms with van der Waals surface area (Å²) in [5.74, 6) is -2.85. The van der Waals surface area contributed by atoms with Gasteiger partial charge in [0.25, 0.3) is 0 Å². The molecule has 0 radical (unpaired) electrons. The van der Waals surface area contributed by atoms with Crippen molar-refractivity contribution in [3.8, 4) is 0 Å². The van der Waals surface area contributed by atoms with E-state index in [0.29, 0.717) is 0 Å². The first-order chi connectivity index (χ1) is 15.0. The zero-order valence-corrected chi connectivity index (χ0v) is 18.4. The molecule has 12 nitrogen and oxygen atoms in total. The van der Waals surface area contributed by atoms with Crippen LogP contribution in [-0.2, 0) is 47.6 Å². The fraction of sp³-hybridized carbons (Fsp3) is 0.650. The van der Waals surface area contributed by atoms with Gasteiger partial charge in [-0.2, -0.15) is 0 Å². The van der Waals surface area contributed by atoms with Crippen LogP contribution in [0.3, 0.4) is 0 Å². The number of esters is 4. The number of amides is 1. The topological polar surface area (TPSA) is 153 Å². The minimum absolute atomic E-state index is 0.0544. The third-order valence-electron chi connectivity index (χ3n) is 4.60. The molecule has 0 bridgehead atoms. The smallest absolute Gasteiger partial charge is 0.407 e. The zero-order valence-electron chi connectivity index (χ0n) is 18.4. The summed E-state index contributed by atoms with van der Waals surface area (Å²) in [4.78, 5) is 58.8. The summed E-state index contributed by atoms with van der Waals surface area (Å²) >= 11 is 0. The highest BCUT2D eigenvalue weighted by atomic mass is 16.7. The lowest BCUT2D eigenvalue weighted by molar-refractivity contribution is -0.270. The number of alkyl carbamates (subject to hydrolysis) is 1. The molecule has 2 unspecified atom stereocenters. The van der Waals surface area contributed by atoms with E-state index in [0.717, 1.165) is 33.3 Å². The van der Waals surface area contributed by atoms with E-state index in [9.17, 15) is 24.0 Å². The molecule has 0 saturated carbocycles. The summed E-state index contributed by atoms with van der Waals surface area (Å²) < 4.78 is 31.5. The molecule has 0 aromatic carbocycles. The van der Waals surface area contributed by atoms with Crippen molar-refractivity contribution in [3.63, 3.8) is 0 Å². The molecule has 6 atom stereocenters. The summed E-state index contributed by atoms with van der Waals surface area (Å²) in [6.45, 7) is 6.10. The predicted molar refractivity (Wildman–Crippen MR) is 104 cm³/mol. The number of nitrogens with one attached hydrogen (secondary N) is 1. The SMILES string of the molecule is CC(=O)OC[C@H]1OC(OC(C)=O)[C@H](NC(=O)OCC2C=C2C)[C@@H](OC(C)=O)[C@@H]1OC(C)=O. The van der Waals surface area contributed by atoms with E-state index in [1.807, 2.05) is 13.0 Å². The Labute approximate surface area is 184 Å². The van der Waals surface area contributed by atoms with Gasteiger partial charge < -0.3 is 33.7 Å². The molecule has 0 aromatic heterocycles. The first-order valence-electron chi connectivity index (χ1n) is 9.90. The Hall–Kier alpha value is -3.15. The number of hydrogen-bond acceptors (Lipinski definition) is 11. The molecule has 1 amide bonds. The van der Waals surface area contributed by atoms with Gasteiger partial charge in [0.05, 0.1) is 0 Å². The molecule has 178 valence electrons. The van der Waals surface area contributed by atoms with Crippen LogP contribution in [0.1, 0.15) is 34.6 Å².